The lowest BCUT2D eigenvalue weighted by Gasteiger charge is -2.14. The fourth-order valence-electron chi connectivity index (χ4n) is 3.36. The molecule has 0 radical (unpaired) electrons. The van der Waals surface area contributed by atoms with Gasteiger partial charge >= 0.3 is 12.1 Å². The average Bonchev–Trinajstić information content (AvgIpc) is 3.28. The molecule has 33 heavy (non-hydrogen) atoms. The first kappa shape index (κ1) is 22.1. The number of hydrogen-bond acceptors (Lipinski definition) is 6. The van der Waals surface area contributed by atoms with Crippen molar-refractivity contribution in [3.8, 4) is 22.6 Å². The second-order valence-electron chi connectivity index (χ2n) is 7.07. The number of benzene rings is 2. The van der Waals surface area contributed by atoms with Crippen LogP contribution in [-0.4, -0.2) is 29.5 Å². The van der Waals surface area contributed by atoms with Gasteiger partial charge in [-0.2, -0.15) is 18.3 Å². The van der Waals surface area contributed by atoms with Crippen molar-refractivity contribution in [1.82, 2.24) is 9.78 Å². The number of hydrogen-bond donors (Lipinski definition) is 0. The van der Waals surface area contributed by atoms with Crippen molar-refractivity contribution in [1.29, 1.82) is 0 Å². The van der Waals surface area contributed by atoms with Gasteiger partial charge in [0.15, 0.2) is 6.61 Å². The van der Waals surface area contributed by atoms with Crippen LogP contribution in [0.4, 0.5) is 13.2 Å². The molecule has 2 aromatic carbocycles. The summed E-state index contributed by atoms with van der Waals surface area (Å²) in [7, 11) is 1.18. The minimum absolute atomic E-state index is 0.0366. The SMILES string of the molecule is COC(=O)COc1ccc2c(=O)c(-c3cnn(-c4ccccc4)c3)c(C(F)(F)F)oc2c1C. The highest BCUT2D eigenvalue weighted by molar-refractivity contribution is 5.86. The quantitative estimate of drug-likeness (QED) is 0.409. The fourth-order valence-corrected chi connectivity index (χ4v) is 3.36. The molecule has 10 heteroatoms. The Bertz CT molecular complexity index is 1390. The standard InChI is InChI=1S/C23H17F3N2O5/c1-13-17(32-12-18(29)31-2)9-8-16-20(30)19(22(23(24,25)26)33-21(13)16)14-10-27-28(11-14)15-6-4-3-5-7-15/h3-11H,12H2,1-2H3. The lowest BCUT2D eigenvalue weighted by Crippen LogP contribution is -2.17. The van der Waals surface area contributed by atoms with E-state index >= 15 is 0 Å². The van der Waals surface area contributed by atoms with Crippen LogP contribution < -0.4 is 10.2 Å². The Morgan fingerprint density at radius 1 is 1.15 bits per heavy atom. The van der Waals surface area contributed by atoms with Crippen molar-refractivity contribution < 1.29 is 31.9 Å². The number of para-hydroxylation sites is 1. The number of aromatic nitrogens is 2. The first-order valence-electron chi connectivity index (χ1n) is 9.68. The number of ether oxygens (including phenoxy) is 2. The Balaban J connectivity index is 1.89. The highest BCUT2D eigenvalue weighted by Gasteiger charge is 2.40. The Kier molecular flexibility index (Phi) is 5.67. The molecule has 7 nitrogen and oxygen atoms in total. The van der Waals surface area contributed by atoms with Gasteiger partial charge in [0.25, 0.3) is 0 Å². The Morgan fingerprint density at radius 3 is 2.55 bits per heavy atom. The van der Waals surface area contributed by atoms with Crippen molar-refractivity contribution in [2.24, 2.45) is 0 Å². The number of fused-ring (bicyclic) bond motifs is 1. The molecule has 0 N–H and O–H groups in total. The molecule has 2 heterocycles. The van der Waals surface area contributed by atoms with Gasteiger partial charge in [0.2, 0.25) is 11.2 Å². The van der Waals surface area contributed by atoms with Gasteiger partial charge in [-0.1, -0.05) is 18.2 Å². The predicted octanol–water partition coefficient (Wildman–Crippen LogP) is 4.52. The molecular weight excluding hydrogens is 441 g/mol. The molecule has 0 aliphatic rings. The lowest BCUT2D eigenvalue weighted by molar-refractivity contribution is -0.152. The minimum Gasteiger partial charge on any atom is -0.481 e. The maximum absolute atomic E-state index is 14.0. The van der Waals surface area contributed by atoms with Crippen molar-refractivity contribution in [2.75, 3.05) is 13.7 Å². The molecule has 4 aromatic rings. The van der Waals surface area contributed by atoms with E-state index in [1.54, 1.807) is 30.3 Å². The number of rotatable bonds is 5. The number of methoxy groups -OCH3 is 1. The number of aryl methyl sites for hydroxylation is 1. The number of halogens is 3. The molecule has 0 amide bonds. The predicted molar refractivity (Wildman–Crippen MR) is 112 cm³/mol. The molecule has 2 aromatic heterocycles. The van der Waals surface area contributed by atoms with Gasteiger partial charge in [-0.25, -0.2) is 9.48 Å². The third kappa shape index (κ3) is 4.19. The van der Waals surface area contributed by atoms with E-state index in [0.717, 1.165) is 0 Å². The van der Waals surface area contributed by atoms with Crippen molar-refractivity contribution in [2.45, 2.75) is 13.1 Å². The molecular formula is C23H17F3N2O5. The van der Waals surface area contributed by atoms with Crippen LogP contribution in [-0.2, 0) is 15.7 Å². The first-order chi connectivity index (χ1) is 15.7. The largest absolute Gasteiger partial charge is 0.481 e. The summed E-state index contributed by atoms with van der Waals surface area (Å²) < 4.78 is 58.3. The second-order valence-corrected chi connectivity index (χ2v) is 7.07. The number of alkyl halides is 3. The summed E-state index contributed by atoms with van der Waals surface area (Å²) in [6, 6.07) is 11.4. The maximum Gasteiger partial charge on any atom is 0.450 e. The fraction of sp³-hybridized carbons (Fsp3) is 0.174. The molecule has 0 spiro atoms. The summed E-state index contributed by atoms with van der Waals surface area (Å²) in [6.45, 7) is 0.987. The number of carbonyl (C=O) groups is 1. The van der Waals surface area contributed by atoms with Crippen LogP contribution in [0.1, 0.15) is 11.3 Å². The normalized spacial score (nSPS) is 11.5. The van der Waals surface area contributed by atoms with E-state index in [2.05, 4.69) is 9.84 Å². The maximum atomic E-state index is 14.0. The van der Waals surface area contributed by atoms with Crippen molar-refractivity contribution in [3.05, 3.63) is 76.4 Å². The smallest absolute Gasteiger partial charge is 0.450 e. The minimum atomic E-state index is -4.95. The van der Waals surface area contributed by atoms with Crippen LogP contribution >= 0.6 is 0 Å². The molecule has 0 bridgehead atoms. The Labute approximate surface area is 185 Å². The highest BCUT2D eigenvalue weighted by Crippen LogP contribution is 2.39. The molecule has 4 rings (SSSR count). The molecule has 0 aliphatic carbocycles. The second kappa shape index (κ2) is 8.45. The van der Waals surface area contributed by atoms with Gasteiger partial charge in [-0.05, 0) is 31.2 Å². The van der Waals surface area contributed by atoms with E-state index in [1.807, 2.05) is 0 Å². The van der Waals surface area contributed by atoms with Gasteiger partial charge in [0.05, 0.1) is 29.9 Å². The van der Waals surface area contributed by atoms with Crippen LogP contribution in [0.25, 0.3) is 27.8 Å². The zero-order chi connectivity index (χ0) is 23.8. The van der Waals surface area contributed by atoms with Crippen LogP contribution in [0.3, 0.4) is 0 Å². The molecule has 170 valence electrons. The van der Waals surface area contributed by atoms with E-state index in [-0.39, 0.29) is 27.8 Å². The third-order valence-electron chi connectivity index (χ3n) is 4.98. The monoisotopic (exact) mass is 458 g/mol. The van der Waals surface area contributed by atoms with Crippen LogP contribution in [0.15, 0.2) is 64.1 Å². The van der Waals surface area contributed by atoms with E-state index in [0.29, 0.717) is 5.69 Å². The average molecular weight is 458 g/mol. The summed E-state index contributed by atoms with van der Waals surface area (Å²) >= 11 is 0. The molecule has 0 saturated heterocycles. The van der Waals surface area contributed by atoms with E-state index in [9.17, 15) is 22.8 Å². The van der Waals surface area contributed by atoms with E-state index < -0.39 is 35.5 Å². The van der Waals surface area contributed by atoms with Gasteiger partial charge in [0, 0.05) is 17.3 Å². The van der Waals surface area contributed by atoms with Crippen LogP contribution in [0, 0.1) is 6.92 Å². The molecule has 0 atom stereocenters. The number of nitrogens with zero attached hydrogens (tertiary/aromatic N) is 2. The Morgan fingerprint density at radius 2 is 1.88 bits per heavy atom. The molecule has 0 unspecified atom stereocenters. The summed E-state index contributed by atoms with van der Waals surface area (Å²) in [5.74, 6) is -2.02. The third-order valence-corrected chi connectivity index (χ3v) is 4.98. The first-order valence-corrected chi connectivity index (χ1v) is 9.68. The summed E-state index contributed by atoms with van der Waals surface area (Å²) in [5, 5.41) is 4.03. The zero-order valence-corrected chi connectivity index (χ0v) is 17.5. The highest BCUT2D eigenvalue weighted by atomic mass is 19.4. The topological polar surface area (TPSA) is 83.6 Å². The molecule has 0 fully saturated rings. The van der Waals surface area contributed by atoms with Gasteiger partial charge in [-0.15, -0.1) is 0 Å². The summed E-state index contributed by atoms with van der Waals surface area (Å²) in [6.07, 6.45) is -2.43. The zero-order valence-electron chi connectivity index (χ0n) is 17.5. The molecule has 0 saturated carbocycles. The van der Waals surface area contributed by atoms with E-state index in [4.69, 9.17) is 9.15 Å². The Hall–Kier alpha value is -4.08. The molecule has 0 aliphatic heterocycles. The van der Waals surface area contributed by atoms with E-state index in [1.165, 1.54) is 43.2 Å². The lowest BCUT2D eigenvalue weighted by atomic mass is 10.0. The van der Waals surface area contributed by atoms with Gasteiger partial charge in [0.1, 0.15) is 11.3 Å². The summed E-state index contributed by atoms with van der Waals surface area (Å²) in [5.41, 5.74) is -1.06. The van der Waals surface area contributed by atoms with Gasteiger partial charge < -0.3 is 13.9 Å². The van der Waals surface area contributed by atoms with Crippen molar-refractivity contribution in [3.63, 3.8) is 0 Å². The van der Waals surface area contributed by atoms with Crippen LogP contribution in [0.2, 0.25) is 0 Å². The number of carbonyl (C=O) groups excluding carboxylic acids is 1. The van der Waals surface area contributed by atoms with Gasteiger partial charge in [-0.3, -0.25) is 4.79 Å². The summed E-state index contributed by atoms with van der Waals surface area (Å²) in [4.78, 5) is 24.5. The van der Waals surface area contributed by atoms with Crippen LogP contribution in [0.5, 0.6) is 5.75 Å². The number of esters is 1. The van der Waals surface area contributed by atoms with Crippen molar-refractivity contribution >= 4 is 16.9 Å².